The SMILES string of the molecule is COc1ccc(COc2ccc(C(C)O)cc2Cl)c(F)c1. The third-order valence-electron chi connectivity index (χ3n) is 3.08. The molecule has 21 heavy (non-hydrogen) atoms. The van der Waals surface area contributed by atoms with Gasteiger partial charge >= 0.3 is 0 Å². The van der Waals surface area contributed by atoms with Gasteiger partial charge in [-0.3, -0.25) is 0 Å². The minimum absolute atomic E-state index is 0.0591. The molecule has 0 aliphatic rings. The third-order valence-corrected chi connectivity index (χ3v) is 3.38. The fourth-order valence-electron chi connectivity index (χ4n) is 1.82. The predicted octanol–water partition coefficient (Wildman–Crippen LogP) is 4.12. The Morgan fingerprint density at radius 1 is 1.24 bits per heavy atom. The monoisotopic (exact) mass is 310 g/mol. The van der Waals surface area contributed by atoms with Crippen LogP contribution in [0.3, 0.4) is 0 Å². The van der Waals surface area contributed by atoms with Gasteiger partial charge in [0, 0.05) is 11.6 Å². The summed E-state index contributed by atoms with van der Waals surface area (Å²) >= 11 is 6.08. The summed E-state index contributed by atoms with van der Waals surface area (Å²) in [4.78, 5) is 0. The maximum Gasteiger partial charge on any atom is 0.138 e. The molecule has 2 aromatic rings. The minimum atomic E-state index is -0.601. The molecule has 0 bridgehead atoms. The van der Waals surface area contributed by atoms with Crippen LogP contribution in [0.25, 0.3) is 0 Å². The lowest BCUT2D eigenvalue weighted by Crippen LogP contribution is -2.00. The van der Waals surface area contributed by atoms with E-state index in [1.54, 1.807) is 37.3 Å². The Morgan fingerprint density at radius 2 is 2.00 bits per heavy atom. The van der Waals surface area contributed by atoms with E-state index in [9.17, 15) is 9.50 Å². The summed E-state index contributed by atoms with van der Waals surface area (Å²) in [6, 6.07) is 9.58. The summed E-state index contributed by atoms with van der Waals surface area (Å²) in [5, 5.41) is 9.85. The lowest BCUT2D eigenvalue weighted by molar-refractivity contribution is 0.199. The van der Waals surface area contributed by atoms with Crippen LogP contribution in [0.2, 0.25) is 5.02 Å². The normalized spacial score (nSPS) is 12.0. The summed E-state index contributed by atoms with van der Waals surface area (Å²) in [5.74, 6) is 0.498. The van der Waals surface area contributed by atoms with Crippen molar-refractivity contribution >= 4 is 11.6 Å². The molecular weight excluding hydrogens is 295 g/mol. The lowest BCUT2D eigenvalue weighted by atomic mass is 10.1. The van der Waals surface area contributed by atoms with Gasteiger partial charge < -0.3 is 14.6 Å². The zero-order valence-corrected chi connectivity index (χ0v) is 12.5. The van der Waals surface area contributed by atoms with E-state index >= 15 is 0 Å². The number of hydrogen-bond acceptors (Lipinski definition) is 3. The van der Waals surface area contributed by atoms with Crippen LogP contribution in [-0.2, 0) is 6.61 Å². The van der Waals surface area contributed by atoms with E-state index in [-0.39, 0.29) is 6.61 Å². The first-order valence-electron chi connectivity index (χ1n) is 6.44. The van der Waals surface area contributed by atoms with Gasteiger partial charge in [-0.2, -0.15) is 0 Å². The van der Waals surface area contributed by atoms with E-state index in [0.717, 1.165) is 0 Å². The molecule has 2 rings (SSSR count). The predicted molar refractivity (Wildman–Crippen MR) is 79.4 cm³/mol. The molecule has 0 saturated heterocycles. The van der Waals surface area contributed by atoms with Crippen LogP contribution in [0, 0.1) is 5.82 Å². The lowest BCUT2D eigenvalue weighted by Gasteiger charge is -2.11. The smallest absolute Gasteiger partial charge is 0.138 e. The third kappa shape index (κ3) is 3.86. The molecule has 0 aliphatic carbocycles. The van der Waals surface area contributed by atoms with Gasteiger partial charge in [-0.25, -0.2) is 4.39 Å². The Hall–Kier alpha value is -1.78. The van der Waals surface area contributed by atoms with Crippen molar-refractivity contribution in [1.29, 1.82) is 0 Å². The van der Waals surface area contributed by atoms with E-state index in [1.807, 2.05) is 0 Å². The highest BCUT2D eigenvalue weighted by Gasteiger charge is 2.09. The topological polar surface area (TPSA) is 38.7 Å². The van der Waals surface area contributed by atoms with Gasteiger partial charge in [0.2, 0.25) is 0 Å². The van der Waals surface area contributed by atoms with Crippen molar-refractivity contribution in [2.45, 2.75) is 19.6 Å². The summed E-state index contributed by atoms with van der Waals surface area (Å²) < 4.78 is 24.2. The molecule has 0 aliphatic heterocycles. The highest BCUT2D eigenvalue weighted by molar-refractivity contribution is 6.32. The van der Waals surface area contributed by atoms with Crippen LogP contribution in [0.4, 0.5) is 4.39 Å². The summed E-state index contributed by atoms with van der Waals surface area (Å²) in [6.07, 6.45) is -0.601. The van der Waals surface area contributed by atoms with Crippen molar-refractivity contribution in [2.24, 2.45) is 0 Å². The average molecular weight is 311 g/mol. The second kappa shape index (κ2) is 6.78. The molecule has 112 valence electrons. The first-order valence-corrected chi connectivity index (χ1v) is 6.81. The molecule has 0 saturated carbocycles. The van der Waals surface area contributed by atoms with E-state index in [4.69, 9.17) is 21.1 Å². The second-order valence-corrected chi connectivity index (χ2v) is 5.02. The van der Waals surface area contributed by atoms with Gasteiger partial charge in [-0.05, 0) is 36.8 Å². The maximum absolute atomic E-state index is 13.8. The first-order chi connectivity index (χ1) is 10.0. The Balaban J connectivity index is 2.09. The van der Waals surface area contributed by atoms with Crippen molar-refractivity contribution in [3.05, 3.63) is 58.4 Å². The van der Waals surface area contributed by atoms with Crippen molar-refractivity contribution in [2.75, 3.05) is 7.11 Å². The zero-order valence-electron chi connectivity index (χ0n) is 11.8. The van der Waals surface area contributed by atoms with Crippen molar-refractivity contribution in [1.82, 2.24) is 0 Å². The van der Waals surface area contributed by atoms with E-state index < -0.39 is 11.9 Å². The number of halogens is 2. The molecule has 1 unspecified atom stereocenters. The van der Waals surface area contributed by atoms with Crippen LogP contribution >= 0.6 is 11.6 Å². The number of hydrogen-bond donors (Lipinski definition) is 1. The second-order valence-electron chi connectivity index (χ2n) is 4.61. The van der Waals surface area contributed by atoms with Crippen LogP contribution in [0.5, 0.6) is 11.5 Å². The quantitative estimate of drug-likeness (QED) is 0.903. The maximum atomic E-state index is 13.8. The summed E-state index contributed by atoms with van der Waals surface area (Å²) in [5.41, 5.74) is 1.11. The van der Waals surface area contributed by atoms with Gasteiger partial charge in [0.05, 0.1) is 18.2 Å². The van der Waals surface area contributed by atoms with Crippen molar-refractivity contribution in [3.63, 3.8) is 0 Å². The Morgan fingerprint density at radius 3 is 2.57 bits per heavy atom. The molecule has 0 amide bonds. The molecule has 1 atom stereocenters. The summed E-state index contributed by atoms with van der Waals surface area (Å²) in [7, 11) is 1.48. The minimum Gasteiger partial charge on any atom is -0.497 e. The van der Waals surface area contributed by atoms with Gasteiger partial charge in [-0.15, -0.1) is 0 Å². The van der Waals surface area contributed by atoms with E-state index in [0.29, 0.717) is 27.6 Å². The number of ether oxygens (including phenoxy) is 2. The van der Waals surface area contributed by atoms with Crippen molar-refractivity contribution in [3.8, 4) is 11.5 Å². The van der Waals surface area contributed by atoms with Crippen LogP contribution in [0.15, 0.2) is 36.4 Å². The number of rotatable bonds is 5. The molecular formula is C16H16ClFO3. The Kier molecular flexibility index (Phi) is 5.04. The zero-order chi connectivity index (χ0) is 15.4. The fourth-order valence-corrected chi connectivity index (χ4v) is 2.07. The molecule has 0 radical (unpaired) electrons. The standard InChI is InChI=1S/C16H16ClFO3/c1-10(19)11-4-6-16(14(17)7-11)21-9-12-3-5-13(20-2)8-15(12)18/h3-8,10,19H,9H2,1-2H3. The van der Waals surface area contributed by atoms with Crippen LogP contribution in [-0.4, -0.2) is 12.2 Å². The first kappa shape index (κ1) is 15.6. The molecule has 0 fully saturated rings. The van der Waals surface area contributed by atoms with Gasteiger partial charge in [0.25, 0.3) is 0 Å². The van der Waals surface area contributed by atoms with Crippen molar-refractivity contribution < 1.29 is 19.0 Å². The average Bonchev–Trinajstić information content (AvgIpc) is 2.46. The van der Waals surface area contributed by atoms with E-state index in [2.05, 4.69) is 0 Å². The highest BCUT2D eigenvalue weighted by Crippen LogP contribution is 2.29. The molecule has 3 nitrogen and oxygen atoms in total. The molecule has 2 aromatic carbocycles. The number of methoxy groups -OCH3 is 1. The van der Waals surface area contributed by atoms with Gasteiger partial charge in [-0.1, -0.05) is 17.7 Å². The number of aliphatic hydroxyl groups is 1. The Bertz CT molecular complexity index is 629. The molecule has 1 N–H and O–H groups in total. The van der Waals surface area contributed by atoms with Gasteiger partial charge in [0.1, 0.15) is 23.9 Å². The molecule has 0 heterocycles. The largest absolute Gasteiger partial charge is 0.497 e. The number of aliphatic hydroxyl groups excluding tert-OH is 1. The van der Waals surface area contributed by atoms with Crippen LogP contribution in [0.1, 0.15) is 24.2 Å². The van der Waals surface area contributed by atoms with E-state index in [1.165, 1.54) is 13.2 Å². The fraction of sp³-hybridized carbons (Fsp3) is 0.250. The highest BCUT2D eigenvalue weighted by atomic mass is 35.5. The number of benzene rings is 2. The Labute approximate surface area is 127 Å². The van der Waals surface area contributed by atoms with Gasteiger partial charge in [0.15, 0.2) is 0 Å². The summed E-state index contributed by atoms with van der Waals surface area (Å²) in [6.45, 7) is 1.71. The molecule has 0 spiro atoms. The molecule has 0 aromatic heterocycles. The van der Waals surface area contributed by atoms with Crippen LogP contribution < -0.4 is 9.47 Å². The molecule has 5 heteroatoms.